The van der Waals surface area contributed by atoms with Gasteiger partial charge in [-0.1, -0.05) is 36.4 Å². The number of nitrogens with zero attached hydrogens (tertiary/aromatic N) is 2. The molecule has 5 rings (SSSR count). The number of para-hydroxylation sites is 1. The van der Waals surface area contributed by atoms with Gasteiger partial charge in [0.05, 0.1) is 24.4 Å². The van der Waals surface area contributed by atoms with Crippen molar-refractivity contribution in [2.24, 2.45) is 0 Å². The molecule has 2 aromatic heterocycles. The van der Waals surface area contributed by atoms with Crippen LogP contribution in [0.15, 0.2) is 89.5 Å². The molecule has 1 aliphatic heterocycles. The molecule has 0 bridgehead atoms. The van der Waals surface area contributed by atoms with Gasteiger partial charge < -0.3 is 24.7 Å². The molecule has 2 atom stereocenters. The molecule has 1 fully saturated rings. The fourth-order valence-corrected chi connectivity index (χ4v) is 5.02. The van der Waals surface area contributed by atoms with Gasteiger partial charge in [-0.15, -0.1) is 0 Å². The second-order valence-corrected chi connectivity index (χ2v) is 9.59. The van der Waals surface area contributed by atoms with Gasteiger partial charge in [-0.3, -0.25) is 9.78 Å². The van der Waals surface area contributed by atoms with Crippen LogP contribution < -0.4 is 10.6 Å². The lowest BCUT2D eigenvalue weighted by Gasteiger charge is -2.26. The van der Waals surface area contributed by atoms with E-state index in [0.29, 0.717) is 28.7 Å². The molecular formula is C30H28N4O4S. The average molecular weight is 541 g/mol. The smallest absolute Gasteiger partial charge is 0.337 e. The summed E-state index contributed by atoms with van der Waals surface area (Å²) in [4.78, 5) is 31.4. The molecule has 39 heavy (non-hydrogen) atoms. The molecule has 0 radical (unpaired) electrons. The number of rotatable bonds is 8. The zero-order valence-electron chi connectivity index (χ0n) is 21.6. The van der Waals surface area contributed by atoms with Crippen molar-refractivity contribution in [3.05, 3.63) is 108 Å². The Morgan fingerprint density at radius 1 is 1.08 bits per heavy atom. The van der Waals surface area contributed by atoms with Gasteiger partial charge in [0.2, 0.25) is 5.91 Å². The summed E-state index contributed by atoms with van der Waals surface area (Å²) in [6.45, 7) is 2.34. The first kappa shape index (κ1) is 26.1. The van der Waals surface area contributed by atoms with E-state index in [4.69, 9.17) is 21.4 Å². The van der Waals surface area contributed by atoms with E-state index in [1.807, 2.05) is 72.5 Å². The van der Waals surface area contributed by atoms with E-state index in [1.165, 1.54) is 7.11 Å². The molecule has 0 aliphatic carbocycles. The second-order valence-electron chi connectivity index (χ2n) is 9.21. The van der Waals surface area contributed by atoms with Crippen LogP contribution in [0.5, 0.6) is 0 Å². The van der Waals surface area contributed by atoms with Crippen LogP contribution in [0.3, 0.4) is 0 Å². The number of esters is 1. The molecule has 2 aromatic carbocycles. The summed E-state index contributed by atoms with van der Waals surface area (Å²) >= 11 is 5.72. The number of nitrogens with one attached hydrogen (secondary N) is 2. The van der Waals surface area contributed by atoms with Crippen LogP contribution in [-0.2, 0) is 9.53 Å². The van der Waals surface area contributed by atoms with Crippen molar-refractivity contribution in [1.82, 2.24) is 15.2 Å². The van der Waals surface area contributed by atoms with Crippen LogP contribution in [0.4, 0.5) is 5.69 Å². The summed E-state index contributed by atoms with van der Waals surface area (Å²) in [6, 6.07) is 23.6. The van der Waals surface area contributed by atoms with Crippen molar-refractivity contribution in [1.29, 1.82) is 0 Å². The van der Waals surface area contributed by atoms with E-state index >= 15 is 0 Å². The fraction of sp³-hybridized carbons (Fsp3) is 0.200. The molecule has 198 valence electrons. The molecule has 9 heteroatoms. The third-order valence-corrected chi connectivity index (χ3v) is 7.04. The van der Waals surface area contributed by atoms with Crippen LogP contribution in [0.2, 0.25) is 0 Å². The molecule has 4 aromatic rings. The lowest BCUT2D eigenvalue weighted by molar-refractivity contribution is -0.116. The monoisotopic (exact) mass is 540 g/mol. The fourth-order valence-electron chi connectivity index (χ4n) is 4.69. The number of carbonyl (C=O) groups excluding carboxylic acids is 2. The van der Waals surface area contributed by atoms with Gasteiger partial charge in [-0.25, -0.2) is 4.79 Å². The third kappa shape index (κ3) is 5.68. The van der Waals surface area contributed by atoms with Crippen LogP contribution in [-0.4, -0.2) is 40.5 Å². The lowest BCUT2D eigenvalue weighted by atomic mass is 10.0. The number of ether oxygens (including phenoxy) is 1. The summed E-state index contributed by atoms with van der Waals surface area (Å²) in [5.41, 5.74) is 3.77. The Morgan fingerprint density at radius 3 is 2.67 bits per heavy atom. The molecule has 3 heterocycles. The highest BCUT2D eigenvalue weighted by atomic mass is 32.1. The SMILES string of the molecule is COC(=O)c1cccc(-c2ccc([C@H]3[C@@H](c4ccccn4)NC(=S)N3CCC(=O)Nc3ccccc3C)o2)c1. The second kappa shape index (κ2) is 11.5. The van der Waals surface area contributed by atoms with Crippen molar-refractivity contribution in [2.45, 2.75) is 25.4 Å². The number of aromatic nitrogens is 1. The van der Waals surface area contributed by atoms with Gasteiger partial charge in [0.25, 0.3) is 0 Å². The predicted molar refractivity (Wildman–Crippen MR) is 152 cm³/mol. The molecule has 0 saturated carbocycles. The first-order chi connectivity index (χ1) is 18.9. The van der Waals surface area contributed by atoms with Crippen molar-refractivity contribution < 1.29 is 18.7 Å². The number of furan rings is 1. The number of hydrogen-bond donors (Lipinski definition) is 2. The average Bonchev–Trinajstić information content (AvgIpc) is 3.58. The van der Waals surface area contributed by atoms with Gasteiger partial charge in [0, 0.05) is 30.4 Å². The Hall–Kier alpha value is -4.50. The predicted octanol–water partition coefficient (Wildman–Crippen LogP) is 5.44. The number of pyridine rings is 1. The summed E-state index contributed by atoms with van der Waals surface area (Å²) in [6.07, 6.45) is 1.97. The van der Waals surface area contributed by atoms with Crippen molar-refractivity contribution in [3.8, 4) is 11.3 Å². The Balaban J connectivity index is 1.41. The highest BCUT2D eigenvalue weighted by Crippen LogP contribution is 2.40. The van der Waals surface area contributed by atoms with Gasteiger partial charge in [0.15, 0.2) is 5.11 Å². The van der Waals surface area contributed by atoms with Gasteiger partial charge in [0.1, 0.15) is 17.6 Å². The third-order valence-electron chi connectivity index (χ3n) is 6.68. The van der Waals surface area contributed by atoms with Crippen LogP contribution in [0.25, 0.3) is 11.3 Å². The van der Waals surface area contributed by atoms with Crippen molar-refractivity contribution >= 4 is 34.9 Å². The molecule has 1 amide bonds. The van der Waals surface area contributed by atoms with E-state index in [9.17, 15) is 9.59 Å². The standard InChI is InChI=1S/C30H28N4O4S/c1-19-8-3-4-11-22(19)32-26(35)15-17-34-28(27(33-30(34)39)23-12-5-6-16-31-23)25-14-13-24(38-25)20-9-7-10-21(18-20)29(36)37-2/h3-14,16,18,27-28H,15,17H2,1-2H3,(H,32,35)(H,33,39)/t27-,28+/m1/s1. The van der Waals surface area contributed by atoms with E-state index in [2.05, 4.69) is 15.6 Å². The summed E-state index contributed by atoms with van der Waals surface area (Å²) < 4.78 is 11.2. The number of amides is 1. The van der Waals surface area contributed by atoms with E-state index < -0.39 is 5.97 Å². The number of benzene rings is 2. The van der Waals surface area contributed by atoms with Gasteiger partial charge in [-0.2, -0.15) is 0 Å². The highest BCUT2D eigenvalue weighted by Gasteiger charge is 2.41. The van der Waals surface area contributed by atoms with Gasteiger partial charge >= 0.3 is 5.97 Å². The quantitative estimate of drug-likeness (QED) is 0.225. The minimum atomic E-state index is -0.417. The summed E-state index contributed by atoms with van der Waals surface area (Å²) in [7, 11) is 1.35. The van der Waals surface area contributed by atoms with Crippen molar-refractivity contribution in [3.63, 3.8) is 0 Å². The Morgan fingerprint density at radius 2 is 1.90 bits per heavy atom. The molecule has 8 nitrogen and oxygen atoms in total. The molecule has 1 aliphatic rings. The number of methoxy groups -OCH3 is 1. The zero-order chi connectivity index (χ0) is 27.4. The molecule has 2 N–H and O–H groups in total. The molecule has 0 unspecified atom stereocenters. The van der Waals surface area contributed by atoms with E-state index in [-0.39, 0.29) is 24.4 Å². The summed E-state index contributed by atoms with van der Waals surface area (Å²) in [5.74, 6) is 0.743. The molecule has 1 saturated heterocycles. The first-order valence-electron chi connectivity index (χ1n) is 12.6. The molecular weight excluding hydrogens is 512 g/mol. The van der Waals surface area contributed by atoms with Gasteiger partial charge in [-0.05, 0) is 67.2 Å². The van der Waals surface area contributed by atoms with Crippen molar-refractivity contribution in [2.75, 3.05) is 19.0 Å². The number of aryl methyl sites for hydroxylation is 1. The van der Waals surface area contributed by atoms with Crippen LogP contribution >= 0.6 is 12.2 Å². The minimum absolute atomic E-state index is 0.105. The number of carbonyl (C=O) groups is 2. The Kier molecular flexibility index (Phi) is 7.69. The number of anilines is 1. The highest BCUT2D eigenvalue weighted by molar-refractivity contribution is 7.80. The van der Waals surface area contributed by atoms with E-state index in [1.54, 1.807) is 24.4 Å². The minimum Gasteiger partial charge on any atom is -0.465 e. The maximum Gasteiger partial charge on any atom is 0.337 e. The first-order valence-corrected chi connectivity index (χ1v) is 13.0. The maximum absolute atomic E-state index is 12.8. The van der Waals surface area contributed by atoms with E-state index in [0.717, 1.165) is 22.5 Å². The zero-order valence-corrected chi connectivity index (χ0v) is 22.4. The Labute approximate surface area is 232 Å². The largest absolute Gasteiger partial charge is 0.465 e. The number of thiocarbonyl (C=S) groups is 1. The van der Waals surface area contributed by atoms with Crippen LogP contribution in [0, 0.1) is 6.92 Å². The lowest BCUT2D eigenvalue weighted by Crippen LogP contribution is -2.32. The summed E-state index contributed by atoms with van der Waals surface area (Å²) in [5, 5.41) is 6.88. The number of hydrogen-bond acceptors (Lipinski definition) is 6. The Bertz CT molecular complexity index is 1500. The normalized spacial score (nSPS) is 16.6. The maximum atomic E-state index is 12.8. The van der Waals surface area contributed by atoms with Crippen LogP contribution in [0.1, 0.15) is 45.9 Å². The topological polar surface area (TPSA) is 96.7 Å². The molecule has 0 spiro atoms.